The minimum atomic E-state index is -0.895. The number of aromatic hydroxyl groups is 1. The maximum atomic E-state index is 12.3. The summed E-state index contributed by atoms with van der Waals surface area (Å²) in [6, 6.07) is 23.2. The molecule has 0 saturated heterocycles. The van der Waals surface area contributed by atoms with Crippen LogP contribution in [-0.4, -0.2) is 23.1 Å². The Bertz CT molecular complexity index is 935. The molecule has 5 nitrogen and oxygen atoms in total. The fourth-order valence-corrected chi connectivity index (χ4v) is 2.66. The first-order valence-electron chi connectivity index (χ1n) is 8.95. The topological polar surface area (TPSA) is 75.6 Å². The summed E-state index contributed by atoms with van der Waals surface area (Å²) >= 11 is 0. The lowest BCUT2D eigenvalue weighted by atomic mass is 10.0. The van der Waals surface area contributed by atoms with Crippen molar-refractivity contribution in [3.63, 3.8) is 0 Å². The Morgan fingerprint density at radius 1 is 0.893 bits per heavy atom. The molecular formula is C23H21NO4. The Labute approximate surface area is 163 Å². The van der Waals surface area contributed by atoms with Crippen LogP contribution in [0.25, 0.3) is 11.1 Å². The number of ether oxygens (including phenoxy) is 1. The lowest BCUT2D eigenvalue weighted by molar-refractivity contribution is -0.129. The molecule has 0 fully saturated rings. The number of rotatable bonds is 6. The third-order valence-corrected chi connectivity index (χ3v) is 4.28. The Kier molecular flexibility index (Phi) is 6.07. The van der Waals surface area contributed by atoms with Gasteiger partial charge in [-0.3, -0.25) is 4.79 Å². The fourth-order valence-electron chi connectivity index (χ4n) is 2.66. The van der Waals surface area contributed by atoms with Gasteiger partial charge in [0.2, 0.25) is 0 Å². The molecule has 3 aromatic carbocycles. The van der Waals surface area contributed by atoms with Crippen LogP contribution in [0, 0.1) is 0 Å². The number of benzene rings is 3. The monoisotopic (exact) mass is 375 g/mol. The number of carbonyl (C=O) groups excluding carboxylic acids is 2. The summed E-state index contributed by atoms with van der Waals surface area (Å²) in [7, 11) is 0. The maximum Gasteiger partial charge on any atom is 0.338 e. The molecule has 0 bridgehead atoms. The molecule has 0 aliphatic carbocycles. The molecule has 0 radical (unpaired) electrons. The normalized spacial score (nSPS) is 11.5. The van der Waals surface area contributed by atoms with E-state index in [4.69, 9.17) is 4.74 Å². The summed E-state index contributed by atoms with van der Waals surface area (Å²) in [5.41, 5.74) is 3.17. The molecule has 0 aromatic heterocycles. The Morgan fingerprint density at radius 2 is 1.46 bits per heavy atom. The summed E-state index contributed by atoms with van der Waals surface area (Å²) in [6.45, 7) is 1.92. The molecule has 0 heterocycles. The first-order chi connectivity index (χ1) is 13.5. The highest BCUT2D eigenvalue weighted by Crippen LogP contribution is 2.22. The van der Waals surface area contributed by atoms with Crippen molar-refractivity contribution in [3.8, 4) is 16.9 Å². The van der Waals surface area contributed by atoms with E-state index in [0.717, 1.165) is 16.7 Å². The van der Waals surface area contributed by atoms with Crippen LogP contribution in [0.1, 0.15) is 22.8 Å². The zero-order chi connectivity index (χ0) is 19.9. The van der Waals surface area contributed by atoms with Crippen molar-refractivity contribution in [2.24, 2.45) is 0 Å². The average Bonchev–Trinajstić information content (AvgIpc) is 2.73. The SMILES string of the molecule is C[C@@H](OC(=O)c1ccc(-c2ccc(O)cc2)cc1)C(=O)NCc1ccccc1. The van der Waals surface area contributed by atoms with Gasteiger partial charge in [-0.25, -0.2) is 4.79 Å². The Morgan fingerprint density at radius 3 is 2.07 bits per heavy atom. The Hall–Kier alpha value is -3.60. The first kappa shape index (κ1) is 19.2. The van der Waals surface area contributed by atoms with Crippen molar-refractivity contribution in [1.82, 2.24) is 5.32 Å². The van der Waals surface area contributed by atoms with Gasteiger partial charge in [-0.05, 0) is 47.9 Å². The minimum Gasteiger partial charge on any atom is -0.508 e. The average molecular weight is 375 g/mol. The van der Waals surface area contributed by atoms with Crippen molar-refractivity contribution in [3.05, 3.63) is 90.0 Å². The van der Waals surface area contributed by atoms with Crippen molar-refractivity contribution in [1.29, 1.82) is 0 Å². The number of phenolic OH excluding ortho intramolecular Hbond substituents is 1. The predicted molar refractivity (Wildman–Crippen MR) is 107 cm³/mol. The zero-order valence-corrected chi connectivity index (χ0v) is 15.5. The van der Waals surface area contributed by atoms with Crippen LogP contribution in [0.3, 0.4) is 0 Å². The van der Waals surface area contributed by atoms with Gasteiger partial charge in [0.25, 0.3) is 5.91 Å². The summed E-state index contributed by atoms with van der Waals surface area (Å²) in [4.78, 5) is 24.4. The first-order valence-corrected chi connectivity index (χ1v) is 8.95. The number of esters is 1. The summed E-state index contributed by atoms with van der Waals surface area (Å²) in [6.07, 6.45) is -0.895. The second kappa shape index (κ2) is 8.86. The van der Waals surface area contributed by atoms with Gasteiger partial charge >= 0.3 is 5.97 Å². The standard InChI is InChI=1S/C23H21NO4/c1-16(22(26)24-15-17-5-3-2-4-6-17)28-23(27)20-9-7-18(8-10-20)19-11-13-21(25)14-12-19/h2-14,16,25H,15H2,1H3,(H,24,26)/t16-/m1/s1. The van der Waals surface area contributed by atoms with Crippen LogP contribution in [0.2, 0.25) is 0 Å². The molecule has 142 valence electrons. The predicted octanol–water partition coefficient (Wildman–Crippen LogP) is 3.92. The number of nitrogens with one attached hydrogen (secondary N) is 1. The molecule has 1 amide bonds. The molecule has 3 aromatic rings. The molecular weight excluding hydrogens is 354 g/mol. The number of hydrogen-bond donors (Lipinski definition) is 2. The molecule has 0 saturated carbocycles. The van der Waals surface area contributed by atoms with Gasteiger partial charge in [0, 0.05) is 6.54 Å². The van der Waals surface area contributed by atoms with Crippen molar-refractivity contribution < 1.29 is 19.4 Å². The maximum absolute atomic E-state index is 12.3. The molecule has 28 heavy (non-hydrogen) atoms. The van der Waals surface area contributed by atoms with Crippen LogP contribution in [0.5, 0.6) is 5.75 Å². The van der Waals surface area contributed by atoms with E-state index in [1.807, 2.05) is 30.3 Å². The number of phenols is 1. The highest BCUT2D eigenvalue weighted by Gasteiger charge is 2.18. The van der Waals surface area contributed by atoms with E-state index in [2.05, 4.69) is 5.32 Å². The molecule has 3 rings (SSSR count). The van der Waals surface area contributed by atoms with E-state index in [1.54, 1.807) is 55.5 Å². The van der Waals surface area contributed by atoms with Crippen molar-refractivity contribution in [2.45, 2.75) is 19.6 Å². The van der Waals surface area contributed by atoms with Gasteiger partial charge in [-0.2, -0.15) is 0 Å². The fraction of sp³-hybridized carbons (Fsp3) is 0.130. The molecule has 0 aliphatic heterocycles. The van der Waals surface area contributed by atoms with Crippen LogP contribution in [0.4, 0.5) is 0 Å². The van der Waals surface area contributed by atoms with Crippen molar-refractivity contribution in [2.75, 3.05) is 0 Å². The molecule has 1 atom stereocenters. The van der Waals surface area contributed by atoms with Crippen LogP contribution in [0.15, 0.2) is 78.9 Å². The van der Waals surface area contributed by atoms with Crippen LogP contribution >= 0.6 is 0 Å². The third kappa shape index (κ3) is 4.98. The summed E-state index contributed by atoms with van der Waals surface area (Å²) < 4.78 is 5.26. The highest BCUT2D eigenvalue weighted by atomic mass is 16.5. The molecule has 2 N–H and O–H groups in total. The summed E-state index contributed by atoms with van der Waals surface area (Å²) in [5.74, 6) is -0.707. The quantitative estimate of drug-likeness (QED) is 0.640. The van der Waals surface area contributed by atoms with Crippen molar-refractivity contribution >= 4 is 11.9 Å². The number of hydrogen-bond acceptors (Lipinski definition) is 4. The van der Waals surface area contributed by atoms with Gasteiger partial charge in [0.1, 0.15) is 5.75 Å². The van der Waals surface area contributed by atoms with Gasteiger partial charge in [-0.1, -0.05) is 54.6 Å². The third-order valence-electron chi connectivity index (χ3n) is 4.28. The van der Waals surface area contributed by atoms with Gasteiger partial charge < -0.3 is 15.2 Å². The van der Waals surface area contributed by atoms with E-state index < -0.39 is 12.1 Å². The molecule has 5 heteroatoms. The molecule has 0 aliphatic rings. The van der Waals surface area contributed by atoms with Gasteiger partial charge in [-0.15, -0.1) is 0 Å². The number of carbonyl (C=O) groups is 2. The van der Waals surface area contributed by atoms with E-state index in [-0.39, 0.29) is 11.7 Å². The van der Waals surface area contributed by atoms with Gasteiger partial charge in [0.15, 0.2) is 6.10 Å². The smallest absolute Gasteiger partial charge is 0.338 e. The largest absolute Gasteiger partial charge is 0.508 e. The van der Waals surface area contributed by atoms with Crippen LogP contribution < -0.4 is 5.32 Å². The Balaban J connectivity index is 1.56. The second-order valence-electron chi connectivity index (χ2n) is 6.38. The lowest BCUT2D eigenvalue weighted by Crippen LogP contribution is -2.35. The van der Waals surface area contributed by atoms with E-state index in [1.165, 1.54) is 0 Å². The zero-order valence-electron chi connectivity index (χ0n) is 15.5. The van der Waals surface area contributed by atoms with E-state index in [9.17, 15) is 14.7 Å². The summed E-state index contributed by atoms with van der Waals surface area (Å²) in [5, 5.41) is 12.1. The molecule has 0 unspecified atom stereocenters. The lowest BCUT2D eigenvalue weighted by Gasteiger charge is -2.14. The second-order valence-corrected chi connectivity index (χ2v) is 6.38. The van der Waals surface area contributed by atoms with E-state index in [0.29, 0.717) is 12.1 Å². The van der Waals surface area contributed by atoms with Gasteiger partial charge in [0.05, 0.1) is 5.56 Å². The van der Waals surface area contributed by atoms with E-state index >= 15 is 0 Å². The molecule has 0 spiro atoms. The number of amides is 1. The van der Waals surface area contributed by atoms with Crippen LogP contribution in [-0.2, 0) is 16.1 Å². The minimum absolute atomic E-state index is 0.198. The highest BCUT2D eigenvalue weighted by molar-refractivity contribution is 5.92.